The number of aromatic nitrogens is 1. The number of para-hydroxylation sites is 2. The number of nitrogens with one attached hydrogen (secondary N) is 2. The SMILES string of the molecule is CCc1cccc(C)c1NC(=O)c1cc2cccc(Cl)c2[nH]1. The molecule has 3 nitrogen and oxygen atoms in total. The number of rotatable bonds is 3. The van der Waals surface area contributed by atoms with Crippen molar-refractivity contribution in [2.45, 2.75) is 20.3 Å². The highest BCUT2D eigenvalue weighted by molar-refractivity contribution is 6.35. The number of aryl methyl sites for hydroxylation is 2. The lowest BCUT2D eigenvalue weighted by Gasteiger charge is -2.12. The molecule has 0 bridgehead atoms. The van der Waals surface area contributed by atoms with Crippen LogP contribution in [0.2, 0.25) is 5.02 Å². The van der Waals surface area contributed by atoms with Crippen LogP contribution >= 0.6 is 11.6 Å². The molecule has 2 N–H and O–H groups in total. The van der Waals surface area contributed by atoms with Gasteiger partial charge in [0, 0.05) is 11.1 Å². The molecule has 0 aliphatic carbocycles. The highest BCUT2D eigenvalue weighted by Crippen LogP contribution is 2.25. The summed E-state index contributed by atoms with van der Waals surface area (Å²) in [6, 6.07) is 13.5. The molecule has 0 aliphatic heterocycles. The fraction of sp³-hybridized carbons (Fsp3) is 0.167. The number of carbonyl (C=O) groups is 1. The minimum Gasteiger partial charge on any atom is -0.349 e. The third kappa shape index (κ3) is 2.60. The minimum absolute atomic E-state index is 0.156. The second-order valence-corrected chi connectivity index (χ2v) is 5.71. The summed E-state index contributed by atoms with van der Waals surface area (Å²) in [6.45, 7) is 4.07. The average Bonchev–Trinajstić information content (AvgIpc) is 2.95. The first kappa shape index (κ1) is 14.7. The number of aromatic amines is 1. The Balaban J connectivity index is 1.96. The Morgan fingerprint density at radius 3 is 2.73 bits per heavy atom. The van der Waals surface area contributed by atoms with E-state index in [0.717, 1.165) is 34.1 Å². The van der Waals surface area contributed by atoms with Crippen LogP contribution in [0.25, 0.3) is 10.9 Å². The van der Waals surface area contributed by atoms with E-state index in [1.54, 1.807) is 6.07 Å². The van der Waals surface area contributed by atoms with E-state index >= 15 is 0 Å². The first-order valence-corrected chi connectivity index (χ1v) is 7.65. The molecular formula is C18H17ClN2O. The highest BCUT2D eigenvalue weighted by atomic mass is 35.5. The van der Waals surface area contributed by atoms with Gasteiger partial charge in [0.25, 0.3) is 5.91 Å². The van der Waals surface area contributed by atoms with Crippen molar-refractivity contribution in [2.75, 3.05) is 5.32 Å². The van der Waals surface area contributed by atoms with Crippen LogP contribution in [0.4, 0.5) is 5.69 Å². The number of hydrogen-bond donors (Lipinski definition) is 2. The van der Waals surface area contributed by atoms with Gasteiger partial charge in [-0.3, -0.25) is 4.79 Å². The van der Waals surface area contributed by atoms with Crippen LogP contribution in [0.1, 0.15) is 28.5 Å². The zero-order valence-corrected chi connectivity index (χ0v) is 13.3. The predicted octanol–water partition coefficient (Wildman–Crippen LogP) is 4.94. The average molecular weight is 313 g/mol. The molecule has 1 heterocycles. The maximum atomic E-state index is 12.5. The molecule has 3 rings (SSSR count). The second kappa shape index (κ2) is 5.85. The van der Waals surface area contributed by atoms with Crippen LogP contribution in [0.15, 0.2) is 42.5 Å². The van der Waals surface area contributed by atoms with E-state index in [-0.39, 0.29) is 5.91 Å². The third-order valence-corrected chi connectivity index (χ3v) is 4.14. The van der Waals surface area contributed by atoms with Crippen LogP contribution < -0.4 is 5.32 Å². The smallest absolute Gasteiger partial charge is 0.272 e. The number of hydrogen-bond acceptors (Lipinski definition) is 1. The Kier molecular flexibility index (Phi) is 3.90. The van der Waals surface area contributed by atoms with Gasteiger partial charge in [-0.1, -0.05) is 48.9 Å². The molecule has 0 saturated heterocycles. The van der Waals surface area contributed by atoms with E-state index in [0.29, 0.717) is 10.7 Å². The van der Waals surface area contributed by atoms with E-state index in [9.17, 15) is 4.79 Å². The first-order chi connectivity index (χ1) is 10.6. The van der Waals surface area contributed by atoms with Crippen molar-refractivity contribution in [1.82, 2.24) is 4.98 Å². The van der Waals surface area contributed by atoms with E-state index in [2.05, 4.69) is 17.2 Å². The maximum absolute atomic E-state index is 12.5. The van der Waals surface area contributed by atoms with Crippen molar-refractivity contribution in [1.29, 1.82) is 0 Å². The number of amides is 1. The lowest BCUT2D eigenvalue weighted by Crippen LogP contribution is -2.14. The summed E-state index contributed by atoms with van der Waals surface area (Å²) < 4.78 is 0. The van der Waals surface area contributed by atoms with Crippen molar-refractivity contribution >= 4 is 34.1 Å². The molecule has 0 fully saturated rings. The van der Waals surface area contributed by atoms with Gasteiger partial charge in [0.05, 0.1) is 10.5 Å². The molecule has 0 aliphatic rings. The van der Waals surface area contributed by atoms with Gasteiger partial charge in [-0.25, -0.2) is 0 Å². The Hall–Kier alpha value is -2.26. The molecule has 4 heteroatoms. The Morgan fingerprint density at radius 1 is 1.23 bits per heavy atom. The van der Waals surface area contributed by atoms with Crippen LogP contribution in [0.5, 0.6) is 0 Å². The molecule has 0 saturated carbocycles. The van der Waals surface area contributed by atoms with Gasteiger partial charge in [0.15, 0.2) is 0 Å². The van der Waals surface area contributed by atoms with E-state index in [4.69, 9.17) is 11.6 Å². The summed E-state index contributed by atoms with van der Waals surface area (Å²) in [4.78, 5) is 15.6. The van der Waals surface area contributed by atoms with Gasteiger partial charge >= 0.3 is 0 Å². The van der Waals surface area contributed by atoms with E-state index < -0.39 is 0 Å². The molecule has 0 unspecified atom stereocenters. The lowest BCUT2D eigenvalue weighted by molar-refractivity contribution is 0.102. The number of fused-ring (bicyclic) bond motifs is 1. The molecule has 3 aromatic rings. The van der Waals surface area contributed by atoms with E-state index in [1.165, 1.54) is 0 Å². The molecule has 2 aromatic carbocycles. The fourth-order valence-electron chi connectivity index (χ4n) is 2.62. The van der Waals surface area contributed by atoms with Crippen molar-refractivity contribution < 1.29 is 4.79 Å². The molecule has 1 amide bonds. The molecule has 0 spiro atoms. The number of anilines is 1. The molecule has 112 valence electrons. The maximum Gasteiger partial charge on any atom is 0.272 e. The van der Waals surface area contributed by atoms with Crippen LogP contribution in [-0.2, 0) is 6.42 Å². The zero-order chi connectivity index (χ0) is 15.7. The summed E-state index contributed by atoms with van der Waals surface area (Å²) in [5.41, 5.74) is 4.37. The summed E-state index contributed by atoms with van der Waals surface area (Å²) in [6.07, 6.45) is 0.871. The molecular weight excluding hydrogens is 296 g/mol. The topological polar surface area (TPSA) is 44.9 Å². The molecule has 0 atom stereocenters. The second-order valence-electron chi connectivity index (χ2n) is 5.30. The normalized spacial score (nSPS) is 10.9. The van der Waals surface area contributed by atoms with E-state index in [1.807, 2.05) is 43.3 Å². The number of H-pyrrole nitrogens is 1. The van der Waals surface area contributed by atoms with Crippen molar-refractivity contribution in [3.63, 3.8) is 0 Å². The molecule has 22 heavy (non-hydrogen) atoms. The van der Waals surface area contributed by atoms with Gasteiger partial charge in [-0.2, -0.15) is 0 Å². The molecule has 0 radical (unpaired) electrons. The predicted molar refractivity (Wildman–Crippen MR) is 91.8 cm³/mol. The highest BCUT2D eigenvalue weighted by Gasteiger charge is 2.13. The van der Waals surface area contributed by atoms with Crippen LogP contribution in [0, 0.1) is 6.92 Å². The fourth-order valence-corrected chi connectivity index (χ4v) is 2.85. The summed E-state index contributed by atoms with van der Waals surface area (Å²) in [5.74, 6) is -0.156. The van der Waals surface area contributed by atoms with Crippen LogP contribution in [0.3, 0.4) is 0 Å². The van der Waals surface area contributed by atoms with Crippen molar-refractivity contribution in [2.24, 2.45) is 0 Å². The monoisotopic (exact) mass is 312 g/mol. The quantitative estimate of drug-likeness (QED) is 0.706. The summed E-state index contributed by atoms with van der Waals surface area (Å²) in [7, 11) is 0. The number of halogens is 1. The summed E-state index contributed by atoms with van der Waals surface area (Å²) >= 11 is 6.15. The Labute approximate surface area is 134 Å². The third-order valence-electron chi connectivity index (χ3n) is 3.83. The van der Waals surface area contributed by atoms with Crippen LogP contribution in [-0.4, -0.2) is 10.9 Å². The van der Waals surface area contributed by atoms with Gasteiger partial charge in [0.1, 0.15) is 5.69 Å². The minimum atomic E-state index is -0.156. The van der Waals surface area contributed by atoms with Crippen molar-refractivity contribution in [3.05, 3.63) is 64.3 Å². The standard InChI is InChI=1S/C18H17ClN2O/c1-3-12-7-4-6-11(2)16(12)21-18(22)15-10-13-8-5-9-14(19)17(13)20-15/h4-10,20H,3H2,1-2H3,(H,21,22). The largest absolute Gasteiger partial charge is 0.349 e. The lowest BCUT2D eigenvalue weighted by atomic mass is 10.1. The van der Waals surface area contributed by atoms with Gasteiger partial charge < -0.3 is 10.3 Å². The number of benzene rings is 2. The Bertz CT molecular complexity index is 851. The zero-order valence-electron chi connectivity index (χ0n) is 12.5. The molecule has 1 aromatic heterocycles. The van der Waals surface area contributed by atoms with Gasteiger partial charge in [-0.05, 0) is 36.6 Å². The van der Waals surface area contributed by atoms with Crippen molar-refractivity contribution in [3.8, 4) is 0 Å². The summed E-state index contributed by atoms with van der Waals surface area (Å²) in [5, 5.41) is 4.55. The van der Waals surface area contributed by atoms with Gasteiger partial charge in [-0.15, -0.1) is 0 Å². The van der Waals surface area contributed by atoms with Gasteiger partial charge in [0.2, 0.25) is 0 Å². The first-order valence-electron chi connectivity index (χ1n) is 7.27. The number of carbonyl (C=O) groups excluding carboxylic acids is 1. The Morgan fingerprint density at radius 2 is 2.00 bits per heavy atom.